The van der Waals surface area contributed by atoms with Gasteiger partial charge in [0, 0.05) is 31.2 Å². The topological polar surface area (TPSA) is 64.6 Å². The molecule has 0 aliphatic heterocycles. The van der Waals surface area contributed by atoms with Gasteiger partial charge in [-0.2, -0.15) is 0 Å². The number of aliphatic hydroxyl groups is 1. The number of carbonyl (C=O) groups excluding carboxylic acids is 1. The van der Waals surface area contributed by atoms with Gasteiger partial charge in [-0.1, -0.05) is 24.9 Å². The van der Waals surface area contributed by atoms with Crippen LogP contribution in [0, 0.1) is 5.41 Å². The lowest BCUT2D eigenvalue weighted by Gasteiger charge is -2.30. The molecule has 0 heterocycles. The van der Waals surface area contributed by atoms with Gasteiger partial charge in [-0.3, -0.25) is 0 Å². The summed E-state index contributed by atoms with van der Waals surface area (Å²) in [5, 5.41) is 15.9. The van der Waals surface area contributed by atoms with Crippen molar-refractivity contribution in [2.24, 2.45) is 5.41 Å². The van der Waals surface area contributed by atoms with Crippen LogP contribution in [-0.2, 0) is 0 Å². The predicted octanol–water partition coefficient (Wildman–Crippen LogP) is 3.08. The Morgan fingerprint density at radius 2 is 2.23 bits per heavy atom. The molecule has 1 fully saturated rings. The maximum Gasteiger partial charge on any atom is 0.319 e. The van der Waals surface area contributed by atoms with Gasteiger partial charge in [0.1, 0.15) is 0 Å². The average Bonchev–Trinajstić information content (AvgIpc) is 2.80. The van der Waals surface area contributed by atoms with E-state index in [-0.39, 0.29) is 24.1 Å². The Hall–Kier alpha value is -1.46. The molecule has 1 aliphatic rings. The fraction of sp³-hybridized carbons (Fsp3) is 0.562. The molecule has 2 rings (SSSR count). The minimum absolute atomic E-state index is 0.00554. The third-order valence-electron chi connectivity index (χ3n) is 4.44. The van der Waals surface area contributed by atoms with Crippen LogP contribution in [0.5, 0.6) is 0 Å². The van der Waals surface area contributed by atoms with Crippen LogP contribution in [0.1, 0.15) is 26.2 Å². The molecule has 6 heteroatoms. The molecule has 1 aromatic rings. The van der Waals surface area contributed by atoms with Crippen molar-refractivity contribution in [3.63, 3.8) is 0 Å². The summed E-state index contributed by atoms with van der Waals surface area (Å²) in [7, 11) is 3.83. The number of benzene rings is 1. The minimum atomic E-state index is -0.264. The van der Waals surface area contributed by atoms with Gasteiger partial charge in [0.2, 0.25) is 0 Å². The third-order valence-corrected chi connectivity index (χ3v) is 4.74. The molecule has 2 atom stereocenters. The molecule has 2 unspecified atom stereocenters. The number of aliphatic hydroxyl groups excluding tert-OH is 1. The Bertz CT molecular complexity index is 550. The van der Waals surface area contributed by atoms with Gasteiger partial charge in [0.15, 0.2) is 0 Å². The van der Waals surface area contributed by atoms with E-state index in [0.29, 0.717) is 10.7 Å². The fourth-order valence-corrected chi connectivity index (χ4v) is 3.29. The van der Waals surface area contributed by atoms with Gasteiger partial charge >= 0.3 is 6.03 Å². The van der Waals surface area contributed by atoms with Crippen molar-refractivity contribution in [2.75, 3.05) is 30.9 Å². The quantitative estimate of drug-likeness (QED) is 0.797. The lowest BCUT2D eigenvalue weighted by atomic mass is 9.86. The van der Waals surface area contributed by atoms with Crippen LogP contribution in [0.25, 0.3) is 0 Å². The number of hydrogen-bond donors (Lipinski definition) is 3. The number of halogens is 1. The summed E-state index contributed by atoms with van der Waals surface area (Å²) < 4.78 is 0. The van der Waals surface area contributed by atoms with E-state index in [2.05, 4.69) is 10.6 Å². The summed E-state index contributed by atoms with van der Waals surface area (Å²) in [6.07, 6.45) is 2.84. The molecule has 0 radical (unpaired) electrons. The van der Waals surface area contributed by atoms with Gasteiger partial charge in [0.25, 0.3) is 0 Å². The molecular formula is C16H24ClN3O2. The van der Waals surface area contributed by atoms with E-state index in [1.54, 1.807) is 6.07 Å². The zero-order valence-electron chi connectivity index (χ0n) is 13.3. The van der Waals surface area contributed by atoms with Crippen molar-refractivity contribution in [3.8, 4) is 0 Å². The van der Waals surface area contributed by atoms with Gasteiger partial charge < -0.3 is 20.6 Å². The van der Waals surface area contributed by atoms with E-state index in [1.165, 1.54) is 0 Å². The number of hydrogen-bond acceptors (Lipinski definition) is 3. The smallest absolute Gasteiger partial charge is 0.319 e. The van der Waals surface area contributed by atoms with Crippen LogP contribution in [0.3, 0.4) is 0 Å². The number of carbonyl (C=O) groups is 1. The lowest BCUT2D eigenvalue weighted by Crippen LogP contribution is -2.46. The Balaban J connectivity index is 1.99. The van der Waals surface area contributed by atoms with Crippen molar-refractivity contribution in [1.29, 1.82) is 0 Å². The van der Waals surface area contributed by atoms with Crippen molar-refractivity contribution < 1.29 is 9.90 Å². The normalized spacial score (nSPS) is 24.1. The highest BCUT2D eigenvalue weighted by Crippen LogP contribution is 2.37. The van der Waals surface area contributed by atoms with Crippen LogP contribution < -0.4 is 15.5 Å². The van der Waals surface area contributed by atoms with Gasteiger partial charge in [-0.25, -0.2) is 4.79 Å². The van der Waals surface area contributed by atoms with Crippen molar-refractivity contribution in [2.45, 2.75) is 32.2 Å². The molecule has 1 aromatic carbocycles. The van der Waals surface area contributed by atoms with Crippen LogP contribution in [0.4, 0.5) is 16.2 Å². The number of urea groups is 1. The van der Waals surface area contributed by atoms with Gasteiger partial charge in [-0.05, 0) is 31.0 Å². The van der Waals surface area contributed by atoms with E-state index in [0.717, 1.165) is 24.9 Å². The highest BCUT2D eigenvalue weighted by molar-refractivity contribution is 6.33. The molecule has 3 N–H and O–H groups in total. The molecule has 0 bridgehead atoms. The maximum atomic E-state index is 12.1. The van der Waals surface area contributed by atoms with E-state index in [9.17, 15) is 9.90 Å². The summed E-state index contributed by atoms with van der Waals surface area (Å²) >= 11 is 6.20. The SMILES string of the molecule is CN(C)c1ccc(NC(=O)NC2CCCC2(C)CO)cc1Cl. The molecular weight excluding hydrogens is 302 g/mol. The summed E-state index contributed by atoms with van der Waals surface area (Å²) in [4.78, 5) is 14.1. The van der Waals surface area contributed by atoms with E-state index in [1.807, 2.05) is 38.1 Å². The first-order valence-corrected chi connectivity index (χ1v) is 7.89. The van der Waals surface area contributed by atoms with Crippen LogP contribution in [0.15, 0.2) is 18.2 Å². The zero-order chi connectivity index (χ0) is 16.3. The number of nitrogens with one attached hydrogen (secondary N) is 2. The number of anilines is 2. The molecule has 1 aliphatic carbocycles. The molecule has 1 saturated carbocycles. The third kappa shape index (κ3) is 3.65. The zero-order valence-corrected chi connectivity index (χ0v) is 14.1. The molecule has 5 nitrogen and oxygen atoms in total. The Kier molecular flexibility index (Phi) is 5.19. The monoisotopic (exact) mass is 325 g/mol. The molecule has 0 aromatic heterocycles. The van der Waals surface area contributed by atoms with Crippen molar-refractivity contribution in [3.05, 3.63) is 23.2 Å². The molecule has 122 valence electrons. The average molecular weight is 326 g/mol. The second kappa shape index (κ2) is 6.75. The summed E-state index contributed by atoms with van der Waals surface area (Å²) in [5.41, 5.74) is 1.32. The van der Waals surface area contributed by atoms with Gasteiger partial charge in [-0.15, -0.1) is 0 Å². The molecule has 2 amide bonds. The lowest BCUT2D eigenvalue weighted by molar-refractivity contribution is 0.122. The number of nitrogens with zero attached hydrogens (tertiary/aromatic N) is 1. The van der Waals surface area contributed by atoms with Gasteiger partial charge in [0.05, 0.1) is 17.3 Å². The first-order chi connectivity index (χ1) is 10.4. The maximum absolute atomic E-state index is 12.1. The standard InChI is InChI=1S/C16H24ClN3O2/c1-16(10-21)8-4-5-14(16)19-15(22)18-11-6-7-13(20(2)3)12(17)9-11/h6-7,9,14,21H,4-5,8,10H2,1-3H3,(H2,18,19,22). The summed E-state index contributed by atoms with van der Waals surface area (Å²) in [6.45, 7) is 2.09. The summed E-state index contributed by atoms with van der Waals surface area (Å²) in [5.74, 6) is 0. The number of amides is 2. The number of rotatable bonds is 4. The predicted molar refractivity (Wildman–Crippen MR) is 90.8 cm³/mol. The fourth-order valence-electron chi connectivity index (χ4n) is 2.94. The van der Waals surface area contributed by atoms with Crippen molar-refractivity contribution in [1.82, 2.24) is 5.32 Å². The van der Waals surface area contributed by atoms with E-state index in [4.69, 9.17) is 11.6 Å². The highest BCUT2D eigenvalue weighted by Gasteiger charge is 2.39. The summed E-state index contributed by atoms with van der Waals surface area (Å²) in [6, 6.07) is 5.15. The molecule has 0 saturated heterocycles. The first kappa shape index (κ1) is 16.9. The Labute approximate surface area is 136 Å². The van der Waals surface area contributed by atoms with Crippen LogP contribution >= 0.6 is 11.6 Å². The second-order valence-corrected chi connectivity index (χ2v) is 6.82. The first-order valence-electron chi connectivity index (χ1n) is 7.51. The van der Waals surface area contributed by atoms with E-state index < -0.39 is 0 Å². The van der Waals surface area contributed by atoms with Crippen LogP contribution in [0.2, 0.25) is 5.02 Å². The Morgan fingerprint density at radius 3 is 2.82 bits per heavy atom. The largest absolute Gasteiger partial charge is 0.396 e. The minimum Gasteiger partial charge on any atom is -0.396 e. The Morgan fingerprint density at radius 1 is 1.50 bits per heavy atom. The van der Waals surface area contributed by atoms with Crippen LogP contribution in [-0.4, -0.2) is 37.9 Å². The van der Waals surface area contributed by atoms with Crippen molar-refractivity contribution >= 4 is 29.0 Å². The molecule has 0 spiro atoms. The highest BCUT2D eigenvalue weighted by atomic mass is 35.5. The second-order valence-electron chi connectivity index (χ2n) is 6.42. The molecule has 22 heavy (non-hydrogen) atoms. The van der Waals surface area contributed by atoms with E-state index >= 15 is 0 Å².